The first-order valence-electron chi connectivity index (χ1n) is 10.0. The van der Waals surface area contributed by atoms with Crippen molar-refractivity contribution in [2.75, 3.05) is 5.75 Å². The standard InChI is InChI=1S/C24H24N4O2S/c1-16(18-9-11-20(12-10-18)19-7-5-4-6-8-19)25-22(29)15-31-24-27-26-23(28(24)3)21-13-14-30-17(21)2/h4-14,16H,15H2,1-3H3,(H,25,29)/t16-/m0/s1. The van der Waals surface area contributed by atoms with Crippen molar-refractivity contribution in [2.45, 2.75) is 25.0 Å². The number of carbonyl (C=O) groups is 1. The van der Waals surface area contributed by atoms with E-state index in [1.165, 1.54) is 17.3 Å². The second kappa shape index (κ2) is 9.22. The first-order chi connectivity index (χ1) is 15.0. The van der Waals surface area contributed by atoms with Gasteiger partial charge in [0.2, 0.25) is 5.91 Å². The van der Waals surface area contributed by atoms with E-state index in [0.717, 1.165) is 28.3 Å². The van der Waals surface area contributed by atoms with Crippen LogP contribution in [0.2, 0.25) is 0 Å². The van der Waals surface area contributed by atoms with Crippen LogP contribution in [0.1, 0.15) is 24.3 Å². The molecule has 31 heavy (non-hydrogen) atoms. The molecule has 0 fully saturated rings. The molecule has 0 aliphatic rings. The third-order valence-corrected chi connectivity index (χ3v) is 6.18. The summed E-state index contributed by atoms with van der Waals surface area (Å²) >= 11 is 1.36. The Bertz CT molecular complexity index is 1170. The van der Waals surface area contributed by atoms with Gasteiger partial charge in [-0.05, 0) is 36.6 Å². The van der Waals surface area contributed by atoms with E-state index in [-0.39, 0.29) is 17.7 Å². The van der Waals surface area contributed by atoms with Gasteiger partial charge >= 0.3 is 0 Å². The van der Waals surface area contributed by atoms with Gasteiger partial charge < -0.3 is 14.3 Å². The van der Waals surface area contributed by atoms with Crippen molar-refractivity contribution in [3.8, 4) is 22.5 Å². The maximum absolute atomic E-state index is 12.5. The van der Waals surface area contributed by atoms with E-state index >= 15 is 0 Å². The number of aryl methyl sites for hydroxylation is 1. The Morgan fingerprint density at radius 3 is 2.45 bits per heavy atom. The summed E-state index contributed by atoms with van der Waals surface area (Å²) in [5.41, 5.74) is 4.30. The number of aromatic nitrogens is 3. The highest BCUT2D eigenvalue weighted by atomic mass is 32.2. The van der Waals surface area contributed by atoms with Crippen LogP contribution in [-0.2, 0) is 11.8 Å². The predicted molar refractivity (Wildman–Crippen MR) is 123 cm³/mol. The molecular formula is C24H24N4O2S. The van der Waals surface area contributed by atoms with E-state index in [4.69, 9.17) is 4.42 Å². The van der Waals surface area contributed by atoms with Crippen molar-refractivity contribution < 1.29 is 9.21 Å². The van der Waals surface area contributed by atoms with Gasteiger partial charge in [-0.2, -0.15) is 0 Å². The molecule has 6 nitrogen and oxygen atoms in total. The van der Waals surface area contributed by atoms with Gasteiger partial charge in [0.15, 0.2) is 11.0 Å². The molecule has 0 spiro atoms. The summed E-state index contributed by atoms with van der Waals surface area (Å²) in [5, 5.41) is 12.2. The van der Waals surface area contributed by atoms with E-state index in [1.807, 2.05) is 49.7 Å². The number of nitrogens with zero attached hydrogens (tertiary/aromatic N) is 3. The highest BCUT2D eigenvalue weighted by Crippen LogP contribution is 2.26. The number of furan rings is 1. The summed E-state index contributed by atoms with van der Waals surface area (Å²) in [6.45, 7) is 3.88. The summed E-state index contributed by atoms with van der Waals surface area (Å²) in [4.78, 5) is 12.5. The zero-order valence-corrected chi connectivity index (χ0v) is 18.5. The Morgan fingerprint density at radius 1 is 1.06 bits per heavy atom. The van der Waals surface area contributed by atoms with Gasteiger partial charge in [-0.15, -0.1) is 10.2 Å². The molecule has 0 bridgehead atoms. The molecule has 1 N–H and O–H groups in total. The van der Waals surface area contributed by atoms with Crippen LogP contribution in [0.5, 0.6) is 0 Å². The van der Waals surface area contributed by atoms with Crippen molar-refractivity contribution in [3.05, 3.63) is 78.3 Å². The molecule has 4 rings (SSSR count). The Kier molecular flexibility index (Phi) is 6.23. The lowest BCUT2D eigenvalue weighted by Gasteiger charge is -2.15. The van der Waals surface area contributed by atoms with Crippen molar-refractivity contribution in [3.63, 3.8) is 0 Å². The lowest BCUT2D eigenvalue weighted by molar-refractivity contribution is -0.119. The van der Waals surface area contributed by atoms with Crippen molar-refractivity contribution >= 4 is 17.7 Å². The number of hydrogen-bond acceptors (Lipinski definition) is 5. The van der Waals surface area contributed by atoms with E-state index < -0.39 is 0 Å². The fraction of sp³-hybridized carbons (Fsp3) is 0.208. The summed E-state index contributed by atoms with van der Waals surface area (Å²) in [6.07, 6.45) is 1.63. The minimum atomic E-state index is -0.0819. The Balaban J connectivity index is 1.34. The van der Waals surface area contributed by atoms with Gasteiger partial charge in [-0.1, -0.05) is 66.4 Å². The predicted octanol–water partition coefficient (Wildman–Crippen LogP) is 5.02. The maximum atomic E-state index is 12.5. The number of amides is 1. The van der Waals surface area contributed by atoms with Crippen LogP contribution >= 0.6 is 11.8 Å². The molecular weight excluding hydrogens is 408 g/mol. The second-order valence-electron chi connectivity index (χ2n) is 7.32. The molecule has 0 aliphatic carbocycles. The van der Waals surface area contributed by atoms with Crippen molar-refractivity contribution in [1.82, 2.24) is 20.1 Å². The van der Waals surface area contributed by atoms with Gasteiger partial charge in [0, 0.05) is 7.05 Å². The number of thioether (sulfide) groups is 1. The lowest BCUT2D eigenvalue weighted by atomic mass is 10.0. The van der Waals surface area contributed by atoms with Gasteiger partial charge in [0.05, 0.1) is 23.6 Å². The normalized spacial score (nSPS) is 12.0. The molecule has 0 saturated heterocycles. The third kappa shape index (κ3) is 4.72. The first kappa shape index (κ1) is 20.9. The quantitative estimate of drug-likeness (QED) is 0.415. The largest absolute Gasteiger partial charge is 0.469 e. The van der Waals surface area contributed by atoms with Crippen LogP contribution in [0.4, 0.5) is 0 Å². The highest BCUT2D eigenvalue weighted by molar-refractivity contribution is 7.99. The molecule has 2 aromatic carbocycles. The Hall–Kier alpha value is -3.32. The van der Waals surface area contributed by atoms with E-state index in [1.54, 1.807) is 6.26 Å². The van der Waals surface area contributed by atoms with Crippen LogP contribution in [0.3, 0.4) is 0 Å². The lowest BCUT2D eigenvalue weighted by Crippen LogP contribution is -2.28. The molecule has 4 aromatic rings. The fourth-order valence-electron chi connectivity index (χ4n) is 3.38. The number of rotatable bonds is 7. The SMILES string of the molecule is Cc1occc1-c1nnc(SCC(=O)N[C@@H](C)c2ccc(-c3ccccc3)cc2)n1C. The number of carbonyl (C=O) groups excluding carboxylic acids is 1. The van der Waals surface area contributed by atoms with E-state index in [2.05, 4.69) is 51.9 Å². The monoisotopic (exact) mass is 432 g/mol. The molecule has 0 saturated carbocycles. The highest BCUT2D eigenvalue weighted by Gasteiger charge is 2.16. The molecule has 7 heteroatoms. The number of nitrogens with one attached hydrogen (secondary N) is 1. The van der Waals surface area contributed by atoms with Crippen LogP contribution in [0.25, 0.3) is 22.5 Å². The summed E-state index contributed by atoms with van der Waals surface area (Å²) < 4.78 is 7.22. The average Bonchev–Trinajstić information content (AvgIpc) is 3.37. The molecule has 158 valence electrons. The zero-order valence-electron chi connectivity index (χ0n) is 17.7. The number of hydrogen-bond donors (Lipinski definition) is 1. The van der Waals surface area contributed by atoms with Gasteiger partial charge in [0.25, 0.3) is 0 Å². The minimum absolute atomic E-state index is 0.0475. The summed E-state index contributed by atoms with van der Waals surface area (Å²) in [7, 11) is 1.89. The second-order valence-corrected chi connectivity index (χ2v) is 8.26. The van der Waals surface area contributed by atoms with Gasteiger partial charge in [0.1, 0.15) is 5.76 Å². The summed E-state index contributed by atoms with van der Waals surface area (Å²) in [5.74, 6) is 1.73. The van der Waals surface area contributed by atoms with Gasteiger partial charge in [-0.3, -0.25) is 4.79 Å². The topological polar surface area (TPSA) is 72.9 Å². The first-order valence-corrected chi connectivity index (χ1v) is 11.0. The summed E-state index contributed by atoms with van der Waals surface area (Å²) in [6, 6.07) is 20.3. The molecule has 0 aliphatic heterocycles. The zero-order chi connectivity index (χ0) is 21.8. The Labute approximate surface area is 185 Å². The molecule has 2 aromatic heterocycles. The Morgan fingerprint density at radius 2 is 1.77 bits per heavy atom. The van der Waals surface area contributed by atoms with Crippen LogP contribution in [0, 0.1) is 6.92 Å². The van der Waals surface area contributed by atoms with Crippen LogP contribution in [-0.4, -0.2) is 26.4 Å². The van der Waals surface area contributed by atoms with Gasteiger partial charge in [-0.25, -0.2) is 0 Å². The average molecular weight is 433 g/mol. The molecule has 2 heterocycles. The third-order valence-electron chi connectivity index (χ3n) is 5.16. The number of benzene rings is 2. The molecule has 1 amide bonds. The van der Waals surface area contributed by atoms with E-state index in [9.17, 15) is 4.79 Å². The molecule has 0 unspecified atom stereocenters. The maximum Gasteiger partial charge on any atom is 0.230 e. The van der Waals surface area contributed by atoms with E-state index in [0.29, 0.717) is 5.16 Å². The van der Waals surface area contributed by atoms with Crippen LogP contribution < -0.4 is 5.32 Å². The minimum Gasteiger partial charge on any atom is -0.469 e. The molecule has 0 radical (unpaired) electrons. The fourth-order valence-corrected chi connectivity index (χ4v) is 4.11. The van der Waals surface area contributed by atoms with Crippen molar-refractivity contribution in [1.29, 1.82) is 0 Å². The smallest absolute Gasteiger partial charge is 0.230 e. The van der Waals surface area contributed by atoms with Crippen LogP contribution in [0.15, 0.2) is 76.5 Å². The van der Waals surface area contributed by atoms with Crippen molar-refractivity contribution in [2.24, 2.45) is 7.05 Å². The molecule has 1 atom stereocenters.